The number of hydrogen-bond donors (Lipinski definition) is 22. The second kappa shape index (κ2) is 53.2. The molecule has 1 aromatic carbocycles. The molecule has 0 aliphatic carbocycles. The van der Waals surface area contributed by atoms with Crippen molar-refractivity contribution in [3.63, 3.8) is 0 Å². The Kier molecular flexibility index (Phi) is 47.6. The fourth-order valence-corrected chi connectivity index (χ4v) is 11.2. The smallest absolute Gasteiger partial charge is 0.326 e. The molecule has 13 amide bonds. The van der Waals surface area contributed by atoms with Crippen molar-refractivity contribution in [2.75, 3.05) is 32.7 Å². The minimum atomic E-state index is -2.06. The molecule has 0 aromatic heterocycles. The van der Waals surface area contributed by atoms with E-state index in [1.165, 1.54) is 38.1 Å². The number of carbonyl (C=O) groups excluding carboxylic acids is 13. The largest absolute Gasteiger partial charge is 0.508 e. The molecule has 15 atom stereocenters. The number of carbonyl (C=O) groups is 16. The molecule has 38 heteroatoms. The molecular weight excluding hydrogens is 1440 g/mol. The molecule has 0 bridgehead atoms. The van der Waals surface area contributed by atoms with Gasteiger partial charge in [0.1, 0.15) is 72.2 Å². The number of rotatable bonds is 58. The van der Waals surface area contributed by atoms with Gasteiger partial charge in [-0.1, -0.05) is 86.8 Å². The summed E-state index contributed by atoms with van der Waals surface area (Å²) in [5.41, 5.74) is 34.9. The van der Waals surface area contributed by atoms with Crippen molar-refractivity contribution in [1.82, 2.24) is 63.8 Å². The number of amides is 13. The van der Waals surface area contributed by atoms with Gasteiger partial charge in [-0.2, -0.15) is 0 Å². The lowest BCUT2D eigenvalue weighted by molar-refractivity contribution is -0.143. The summed E-state index contributed by atoms with van der Waals surface area (Å²) in [5, 5.41) is 69.7. The number of carboxylic acid groups (broad SMARTS) is 3. The van der Waals surface area contributed by atoms with Crippen molar-refractivity contribution in [3.05, 3.63) is 29.8 Å². The number of benzene rings is 1. The number of nitrogens with one attached hydrogen (secondary N) is 12. The Morgan fingerprint density at radius 3 is 1.14 bits per heavy atom. The van der Waals surface area contributed by atoms with Crippen molar-refractivity contribution in [1.29, 1.82) is 0 Å². The van der Waals surface area contributed by atoms with E-state index in [9.17, 15) is 97.1 Å². The second-order valence-corrected chi connectivity index (χ2v) is 28.0. The summed E-state index contributed by atoms with van der Waals surface area (Å²) in [6.07, 6.45) is 0.205. The fraction of sp³-hybridized carbons (Fsp3) is 0.694. The summed E-state index contributed by atoms with van der Waals surface area (Å²) < 4.78 is 0. The summed E-state index contributed by atoms with van der Waals surface area (Å²) in [6, 6.07) is -12.2. The standard InChI is InChI=1S/C72H124N18O20/c1-9-40(6)57(78)68(105)90-59(41(7)10-2)70(107)86-51(36-43-24-26-44(91)27-25-43)66(103)83-48(28-30-53(77)92)65(102)89-60(42(8)11-3)71(108)88-58(39(4)5)69(106)87-52(37-56(96)97)67(104)84-49(29-31-55(94)95)64(101)81-45(20-12-16-32-73)61(98)79-38-54(93)80-46(21-13-17-33-74)62(99)82-47(22-14-18-34-75)63(100)85-50(72(109)110)23-15-19-35-76/h24-27,39-42,45-52,57-60,91H,9-23,28-38,73-76,78H2,1-8H3,(H2,77,92)(H,79,98)(H,80,93)(H,81,101)(H,82,99)(H,83,103)(H,84,104)(H,85,100)(H,86,107)(H,87,106)(H,88,108)(H,89,102)(H,90,105)(H,94,95)(H,96,97)(H,109,110)/t40-,41-,42-,45-,46-,47-,48-,49-,50-,51-,52-,57-,58-,59-,60-/m0/s1. The molecule has 0 spiro atoms. The maximum Gasteiger partial charge on any atom is 0.326 e. The van der Waals surface area contributed by atoms with E-state index < -0.39 is 224 Å². The van der Waals surface area contributed by atoms with Gasteiger partial charge in [0, 0.05) is 19.3 Å². The Hall–Kier alpha value is -9.66. The average Bonchev–Trinajstić information content (AvgIpc) is 0.849. The van der Waals surface area contributed by atoms with Crippen molar-refractivity contribution < 1.29 is 97.1 Å². The summed E-state index contributed by atoms with van der Waals surface area (Å²) in [6.45, 7) is 13.4. The monoisotopic (exact) mass is 1560 g/mol. The first-order valence-corrected chi connectivity index (χ1v) is 37.8. The fourth-order valence-electron chi connectivity index (χ4n) is 11.2. The number of phenols is 1. The summed E-state index contributed by atoms with van der Waals surface area (Å²) in [5.74, 6) is -19.4. The molecule has 0 saturated heterocycles. The molecule has 28 N–H and O–H groups in total. The molecule has 622 valence electrons. The number of aliphatic carboxylic acids is 3. The van der Waals surface area contributed by atoms with Gasteiger partial charge in [-0.3, -0.25) is 71.9 Å². The molecule has 38 nitrogen and oxygen atoms in total. The number of unbranched alkanes of at least 4 members (excludes halogenated alkanes) is 4. The average molecular weight is 1560 g/mol. The molecule has 0 radical (unpaired) electrons. The minimum absolute atomic E-state index is 0.000977. The first kappa shape index (κ1) is 98.3. The molecule has 110 heavy (non-hydrogen) atoms. The third kappa shape index (κ3) is 37.6. The first-order chi connectivity index (χ1) is 51.9. The van der Waals surface area contributed by atoms with Crippen molar-refractivity contribution >= 4 is 94.7 Å². The van der Waals surface area contributed by atoms with Gasteiger partial charge in [-0.15, -0.1) is 0 Å². The van der Waals surface area contributed by atoms with Crippen LogP contribution in [0.3, 0.4) is 0 Å². The molecule has 1 aromatic rings. The SMILES string of the molecule is CC[C@H](C)[C@H](N)C(=O)N[C@H](C(=O)N[C@@H](Cc1ccc(O)cc1)C(=O)N[C@@H](CCC(N)=O)C(=O)N[C@H](C(=O)N[C@H](C(=O)N[C@@H](CC(=O)O)C(=O)N[C@@H](CCC(=O)O)C(=O)N[C@@H](CCCCN)C(=O)NCC(=O)N[C@@H](CCCCN)C(=O)N[C@@H](CCCCN)C(=O)N[C@@H](CCCCN)C(=O)O)C(C)C)[C@@H](C)CC)[C@@H](C)CC. The van der Waals surface area contributed by atoms with E-state index in [1.807, 2.05) is 6.92 Å². The predicted molar refractivity (Wildman–Crippen MR) is 404 cm³/mol. The van der Waals surface area contributed by atoms with E-state index in [1.54, 1.807) is 34.6 Å². The third-order valence-corrected chi connectivity index (χ3v) is 18.7. The van der Waals surface area contributed by atoms with Crippen LogP contribution in [0.5, 0.6) is 5.75 Å². The van der Waals surface area contributed by atoms with Crippen LogP contribution in [0.4, 0.5) is 0 Å². The van der Waals surface area contributed by atoms with Crippen molar-refractivity contribution in [3.8, 4) is 5.75 Å². The van der Waals surface area contributed by atoms with Gasteiger partial charge in [-0.25, -0.2) is 4.79 Å². The second-order valence-electron chi connectivity index (χ2n) is 28.0. The van der Waals surface area contributed by atoms with Crippen LogP contribution in [-0.2, 0) is 83.1 Å². The maximum atomic E-state index is 14.5. The highest BCUT2D eigenvalue weighted by molar-refractivity contribution is 6.00. The van der Waals surface area contributed by atoms with Crippen LogP contribution < -0.4 is 98.2 Å². The van der Waals surface area contributed by atoms with Gasteiger partial charge >= 0.3 is 17.9 Å². The Bertz CT molecular complexity index is 3170. The lowest BCUT2D eigenvalue weighted by atomic mass is 9.94. The Labute approximate surface area is 642 Å². The molecule has 0 heterocycles. The van der Waals surface area contributed by atoms with Gasteiger partial charge in [0.05, 0.1) is 19.0 Å². The number of nitrogens with two attached hydrogens (primary N) is 6. The first-order valence-electron chi connectivity index (χ1n) is 37.8. The summed E-state index contributed by atoms with van der Waals surface area (Å²) in [4.78, 5) is 218. The zero-order valence-corrected chi connectivity index (χ0v) is 64.7. The maximum absolute atomic E-state index is 14.5. The molecule has 0 aliphatic rings. The van der Waals surface area contributed by atoms with E-state index in [0.717, 1.165) is 0 Å². The van der Waals surface area contributed by atoms with Crippen LogP contribution in [0.25, 0.3) is 0 Å². The summed E-state index contributed by atoms with van der Waals surface area (Å²) in [7, 11) is 0. The van der Waals surface area contributed by atoms with E-state index in [4.69, 9.17) is 34.4 Å². The third-order valence-electron chi connectivity index (χ3n) is 18.7. The number of carboxylic acids is 3. The minimum Gasteiger partial charge on any atom is -0.508 e. The van der Waals surface area contributed by atoms with E-state index in [0.29, 0.717) is 69.9 Å². The normalized spacial score (nSPS) is 15.3. The van der Waals surface area contributed by atoms with Crippen LogP contribution in [0.15, 0.2) is 24.3 Å². The van der Waals surface area contributed by atoms with E-state index in [2.05, 4.69) is 63.8 Å². The van der Waals surface area contributed by atoms with E-state index in [-0.39, 0.29) is 76.2 Å². The van der Waals surface area contributed by atoms with Crippen LogP contribution >= 0.6 is 0 Å². The highest BCUT2D eigenvalue weighted by Crippen LogP contribution is 2.18. The molecule has 0 saturated carbocycles. The highest BCUT2D eigenvalue weighted by atomic mass is 16.4. The Morgan fingerprint density at radius 2 is 0.718 bits per heavy atom. The zero-order valence-electron chi connectivity index (χ0n) is 64.7. The topological polar surface area (TPSA) is 655 Å². The van der Waals surface area contributed by atoms with Crippen molar-refractivity contribution in [2.24, 2.45) is 58.1 Å². The summed E-state index contributed by atoms with van der Waals surface area (Å²) >= 11 is 0. The Balaban J connectivity index is 3.64. The predicted octanol–water partition coefficient (Wildman–Crippen LogP) is -3.29. The van der Waals surface area contributed by atoms with Gasteiger partial charge in [0.2, 0.25) is 76.8 Å². The lowest BCUT2D eigenvalue weighted by Crippen LogP contribution is -2.62. The van der Waals surface area contributed by atoms with Crippen LogP contribution in [0.2, 0.25) is 0 Å². The molecule has 0 aliphatic heterocycles. The molecular formula is C72H124N18O20. The van der Waals surface area contributed by atoms with Crippen LogP contribution in [0, 0.1) is 23.7 Å². The number of phenolic OH excluding ortho intramolecular Hbond substituents is 1. The molecule has 0 unspecified atom stereocenters. The lowest BCUT2D eigenvalue weighted by Gasteiger charge is -2.31. The van der Waals surface area contributed by atoms with E-state index >= 15 is 0 Å². The van der Waals surface area contributed by atoms with Crippen LogP contribution in [-0.4, -0.2) is 220 Å². The quantitative estimate of drug-likeness (QED) is 0.0284. The highest BCUT2D eigenvalue weighted by Gasteiger charge is 2.39. The molecule has 0 fully saturated rings. The molecule has 1 rings (SSSR count). The van der Waals surface area contributed by atoms with Crippen LogP contribution in [0.1, 0.15) is 189 Å². The Morgan fingerprint density at radius 1 is 0.373 bits per heavy atom. The van der Waals surface area contributed by atoms with Gasteiger partial charge in [0.15, 0.2) is 0 Å². The van der Waals surface area contributed by atoms with Gasteiger partial charge in [-0.05, 0) is 157 Å². The van der Waals surface area contributed by atoms with Gasteiger partial charge < -0.3 is 119 Å². The number of aromatic hydroxyl groups is 1. The van der Waals surface area contributed by atoms with Gasteiger partial charge in [0.25, 0.3) is 0 Å². The van der Waals surface area contributed by atoms with Crippen molar-refractivity contribution in [2.45, 2.75) is 263 Å². The zero-order chi connectivity index (χ0) is 83.3. The number of primary amides is 1. The number of hydrogen-bond acceptors (Lipinski definition) is 22.